The van der Waals surface area contributed by atoms with Gasteiger partial charge >= 0.3 is 6.03 Å². The molecule has 1 unspecified atom stereocenters. The highest BCUT2D eigenvalue weighted by Gasteiger charge is 2.25. The van der Waals surface area contributed by atoms with Gasteiger partial charge in [0.25, 0.3) is 0 Å². The summed E-state index contributed by atoms with van der Waals surface area (Å²) in [6.07, 6.45) is 0.754. The molecule has 0 aliphatic heterocycles. The van der Waals surface area contributed by atoms with E-state index >= 15 is 0 Å². The number of urea groups is 1. The summed E-state index contributed by atoms with van der Waals surface area (Å²) in [6.45, 7) is 7.10. The summed E-state index contributed by atoms with van der Waals surface area (Å²) < 4.78 is 0.940. The zero-order chi connectivity index (χ0) is 23.8. The number of anilines is 1. The number of hydrogen-bond donors (Lipinski definition) is 1. The van der Waals surface area contributed by atoms with Gasteiger partial charge in [0.15, 0.2) is 0 Å². The molecule has 5 nitrogen and oxygen atoms in total. The molecule has 0 spiro atoms. The Kier molecular flexibility index (Phi) is 9.09. The summed E-state index contributed by atoms with van der Waals surface area (Å²) >= 11 is 5.06. The Morgan fingerprint density at radius 2 is 1.73 bits per heavy atom. The van der Waals surface area contributed by atoms with E-state index in [0.717, 1.165) is 21.3 Å². The third kappa shape index (κ3) is 7.17. The number of carbonyl (C=O) groups excluding carboxylic acids is 2. The highest BCUT2D eigenvalue weighted by molar-refractivity contribution is 9.10. The van der Waals surface area contributed by atoms with E-state index in [1.54, 1.807) is 16.2 Å². The minimum Gasteiger partial charge on any atom is -0.332 e. The van der Waals surface area contributed by atoms with Crippen molar-refractivity contribution in [2.75, 3.05) is 11.9 Å². The maximum Gasteiger partial charge on any atom is 0.322 e. The van der Waals surface area contributed by atoms with Crippen LogP contribution in [-0.2, 0) is 17.9 Å². The van der Waals surface area contributed by atoms with Gasteiger partial charge in [0.05, 0.1) is 6.54 Å². The Bertz CT molecular complexity index is 1050. The minimum absolute atomic E-state index is 0.0224. The Balaban J connectivity index is 1.78. The molecule has 7 heteroatoms. The summed E-state index contributed by atoms with van der Waals surface area (Å²) in [5, 5.41) is 4.98. The average Bonchev–Trinajstić information content (AvgIpc) is 3.22. The summed E-state index contributed by atoms with van der Waals surface area (Å²) in [4.78, 5) is 31.3. The molecule has 3 rings (SSSR count). The minimum atomic E-state index is -0.271. The zero-order valence-electron chi connectivity index (χ0n) is 19.3. The molecule has 1 atom stereocenters. The van der Waals surface area contributed by atoms with Gasteiger partial charge in [-0.2, -0.15) is 0 Å². The predicted molar refractivity (Wildman–Crippen MR) is 139 cm³/mol. The molecule has 0 bridgehead atoms. The summed E-state index contributed by atoms with van der Waals surface area (Å²) in [5.74, 6) is -0.0714. The van der Waals surface area contributed by atoms with Crippen molar-refractivity contribution in [1.82, 2.24) is 9.80 Å². The van der Waals surface area contributed by atoms with Crippen molar-refractivity contribution in [2.24, 2.45) is 0 Å². The molecule has 1 heterocycles. The van der Waals surface area contributed by atoms with Crippen LogP contribution in [0.25, 0.3) is 0 Å². The van der Waals surface area contributed by atoms with Crippen molar-refractivity contribution in [3.63, 3.8) is 0 Å². The Labute approximate surface area is 208 Å². The molecule has 0 saturated heterocycles. The maximum absolute atomic E-state index is 13.5. The second kappa shape index (κ2) is 12.0. The number of benzene rings is 2. The SMILES string of the molecule is CCC(C)N(CC(=O)N(Cc1ccccc1)Cc1sccc1C)C(=O)Nc1ccc(Br)cc1. The van der Waals surface area contributed by atoms with Crippen LogP contribution < -0.4 is 5.32 Å². The largest absolute Gasteiger partial charge is 0.332 e. The molecule has 174 valence electrons. The van der Waals surface area contributed by atoms with Gasteiger partial charge in [0, 0.05) is 27.6 Å². The Hall–Kier alpha value is -2.64. The fourth-order valence-corrected chi connectivity index (χ4v) is 4.58. The number of rotatable bonds is 9. The second-order valence-corrected chi connectivity index (χ2v) is 10.0. The van der Waals surface area contributed by atoms with Crippen LogP contribution in [0.3, 0.4) is 0 Å². The van der Waals surface area contributed by atoms with Crippen LogP contribution in [0.1, 0.15) is 36.3 Å². The summed E-state index contributed by atoms with van der Waals surface area (Å²) in [5.41, 5.74) is 2.94. The molecular formula is C26H30BrN3O2S. The van der Waals surface area contributed by atoms with Gasteiger partial charge in [-0.25, -0.2) is 4.79 Å². The molecular weight excluding hydrogens is 498 g/mol. The number of aryl methyl sites for hydroxylation is 1. The third-order valence-electron chi connectivity index (χ3n) is 5.66. The van der Waals surface area contributed by atoms with E-state index in [9.17, 15) is 9.59 Å². The van der Waals surface area contributed by atoms with Crippen molar-refractivity contribution in [1.29, 1.82) is 0 Å². The average molecular weight is 529 g/mol. The van der Waals surface area contributed by atoms with Crippen molar-refractivity contribution in [3.8, 4) is 0 Å². The van der Waals surface area contributed by atoms with Gasteiger partial charge in [-0.05, 0) is 67.1 Å². The topological polar surface area (TPSA) is 52.7 Å². The highest BCUT2D eigenvalue weighted by Crippen LogP contribution is 2.21. The highest BCUT2D eigenvalue weighted by atomic mass is 79.9. The van der Waals surface area contributed by atoms with E-state index < -0.39 is 0 Å². The van der Waals surface area contributed by atoms with Crippen molar-refractivity contribution in [2.45, 2.75) is 46.3 Å². The normalized spacial score (nSPS) is 11.6. The lowest BCUT2D eigenvalue weighted by molar-refractivity contribution is -0.133. The van der Waals surface area contributed by atoms with Crippen LogP contribution in [0.15, 0.2) is 70.5 Å². The van der Waals surface area contributed by atoms with Gasteiger partial charge in [-0.1, -0.05) is 53.2 Å². The van der Waals surface area contributed by atoms with Crippen molar-refractivity contribution >= 4 is 44.9 Å². The molecule has 1 N–H and O–H groups in total. The van der Waals surface area contributed by atoms with E-state index in [4.69, 9.17) is 0 Å². The molecule has 3 aromatic rings. The predicted octanol–water partition coefficient (Wildman–Crippen LogP) is 6.68. The number of nitrogens with one attached hydrogen (secondary N) is 1. The third-order valence-corrected chi connectivity index (χ3v) is 7.19. The number of nitrogens with zero attached hydrogens (tertiary/aromatic N) is 2. The maximum atomic E-state index is 13.5. The quantitative estimate of drug-likeness (QED) is 0.337. The van der Waals surface area contributed by atoms with Gasteiger partial charge in [-0.15, -0.1) is 11.3 Å². The van der Waals surface area contributed by atoms with Gasteiger partial charge < -0.3 is 15.1 Å². The summed E-state index contributed by atoms with van der Waals surface area (Å²) in [6, 6.07) is 19.1. The van der Waals surface area contributed by atoms with E-state index in [-0.39, 0.29) is 24.5 Å². The zero-order valence-corrected chi connectivity index (χ0v) is 21.7. The van der Waals surface area contributed by atoms with Crippen LogP contribution in [0.5, 0.6) is 0 Å². The Morgan fingerprint density at radius 1 is 1.03 bits per heavy atom. The molecule has 0 fully saturated rings. The molecule has 33 heavy (non-hydrogen) atoms. The molecule has 3 amide bonds. The molecule has 0 saturated carbocycles. The monoisotopic (exact) mass is 527 g/mol. The van der Waals surface area contributed by atoms with Crippen LogP contribution in [0.4, 0.5) is 10.5 Å². The first-order valence-electron chi connectivity index (χ1n) is 11.0. The van der Waals surface area contributed by atoms with Gasteiger partial charge in [0.1, 0.15) is 6.54 Å². The number of amides is 3. The lowest BCUT2D eigenvalue weighted by Gasteiger charge is -2.31. The lowest BCUT2D eigenvalue weighted by Crippen LogP contribution is -2.47. The molecule has 0 radical (unpaired) electrons. The fraction of sp³-hybridized carbons (Fsp3) is 0.308. The van der Waals surface area contributed by atoms with Crippen molar-refractivity contribution < 1.29 is 9.59 Å². The first kappa shape index (κ1) is 25.0. The molecule has 0 aliphatic carbocycles. The first-order chi connectivity index (χ1) is 15.9. The molecule has 0 aliphatic rings. The van der Waals surface area contributed by atoms with E-state index in [2.05, 4.69) is 34.2 Å². The van der Waals surface area contributed by atoms with Gasteiger partial charge in [-0.3, -0.25) is 4.79 Å². The first-order valence-corrected chi connectivity index (χ1v) is 12.7. The Morgan fingerprint density at radius 3 is 2.33 bits per heavy atom. The number of hydrogen-bond acceptors (Lipinski definition) is 3. The number of carbonyl (C=O) groups is 2. The number of thiophene rings is 1. The second-order valence-electron chi connectivity index (χ2n) is 8.08. The van der Waals surface area contributed by atoms with Crippen LogP contribution in [0.2, 0.25) is 0 Å². The van der Waals surface area contributed by atoms with Crippen LogP contribution in [0, 0.1) is 6.92 Å². The lowest BCUT2D eigenvalue weighted by atomic mass is 10.2. The fourth-order valence-electron chi connectivity index (χ4n) is 3.40. The van der Waals surface area contributed by atoms with Gasteiger partial charge in [0.2, 0.25) is 5.91 Å². The van der Waals surface area contributed by atoms with E-state index in [1.165, 1.54) is 5.56 Å². The van der Waals surface area contributed by atoms with E-state index in [1.807, 2.05) is 78.7 Å². The smallest absolute Gasteiger partial charge is 0.322 e. The van der Waals surface area contributed by atoms with Crippen LogP contribution in [-0.4, -0.2) is 34.3 Å². The van der Waals surface area contributed by atoms with Crippen molar-refractivity contribution in [3.05, 3.63) is 86.5 Å². The molecule has 2 aromatic carbocycles. The molecule has 1 aromatic heterocycles. The van der Waals surface area contributed by atoms with Crippen LogP contribution >= 0.6 is 27.3 Å². The standard InChI is InChI=1S/C26H30BrN3O2S/c1-4-20(3)30(26(32)28-23-12-10-22(27)11-13-23)18-25(31)29(16-21-8-6-5-7-9-21)17-24-19(2)14-15-33-24/h5-15,20H,4,16-18H2,1-3H3,(H,28,32). The van der Waals surface area contributed by atoms with E-state index in [0.29, 0.717) is 18.8 Å². The summed E-state index contributed by atoms with van der Waals surface area (Å²) in [7, 11) is 0. The number of halogens is 1.